The highest BCUT2D eigenvalue weighted by Gasteiger charge is 2.58. The molecule has 0 aromatic rings. The van der Waals surface area contributed by atoms with Crippen LogP contribution >= 0.6 is 0 Å². The molecule has 0 spiro atoms. The average Bonchev–Trinajstić information content (AvgIpc) is 2.66. The third-order valence-corrected chi connectivity index (χ3v) is 7.70. The minimum absolute atomic E-state index is 0.164. The minimum Gasteiger partial charge on any atom is -0.483 e. The fraction of sp³-hybridized carbons (Fsp3) is 0.909. The van der Waals surface area contributed by atoms with E-state index in [1.807, 2.05) is 0 Å². The molecular formula is C22H40N2O6. The molecule has 4 N–H and O–H groups in total. The smallest absolute Gasteiger partial charge is 0.290 e. The first-order valence-electron chi connectivity index (χ1n) is 11.1. The predicted molar refractivity (Wildman–Crippen MR) is 113 cm³/mol. The predicted octanol–water partition coefficient (Wildman–Crippen LogP) is 1.81. The zero-order valence-corrected chi connectivity index (χ0v) is 18.7. The molecule has 4 aliphatic carbocycles. The number of hydrogen-bond donors (Lipinski definition) is 4. The molecule has 4 saturated carbocycles. The zero-order chi connectivity index (χ0) is 22.4. The Balaban J connectivity index is 0.000000480. The summed E-state index contributed by atoms with van der Waals surface area (Å²) in [6.07, 6.45) is 7.19. The molecule has 0 aromatic heterocycles. The number of hydrogen-bond acceptors (Lipinski definition) is 6. The molecular weight excluding hydrogens is 388 g/mol. The lowest BCUT2D eigenvalue weighted by molar-refractivity contribution is -0.172. The molecule has 8 nitrogen and oxygen atoms in total. The van der Waals surface area contributed by atoms with Gasteiger partial charge in [0.05, 0.1) is 18.8 Å². The van der Waals surface area contributed by atoms with Crippen molar-refractivity contribution in [2.75, 3.05) is 32.8 Å². The lowest BCUT2D eigenvalue weighted by atomic mass is 9.46. The number of aliphatic hydroxyl groups is 1. The van der Waals surface area contributed by atoms with Gasteiger partial charge in [-0.1, -0.05) is 0 Å². The van der Waals surface area contributed by atoms with Crippen molar-refractivity contribution in [2.24, 2.45) is 17.3 Å². The van der Waals surface area contributed by atoms with E-state index in [0.29, 0.717) is 11.5 Å². The Kier molecular flexibility index (Phi) is 8.68. The molecule has 5 aliphatic rings. The second-order valence-electron chi connectivity index (χ2n) is 10.3. The first kappa shape index (κ1) is 25.0. The molecule has 1 saturated heterocycles. The van der Waals surface area contributed by atoms with Crippen LogP contribution < -0.4 is 5.32 Å². The molecule has 30 heavy (non-hydrogen) atoms. The van der Waals surface area contributed by atoms with Gasteiger partial charge in [-0.15, -0.1) is 0 Å². The SMILES string of the molecule is CC(NCC(C)(C)N1CCOCC1)C12CC3CC(CC(O)(C3)C1)C2.O=CO.O=CO. The maximum Gasteiger partial charge on any atom is 0.290 e. The van der Waals surface area contributed by atoms with E-state index in [1.165, 1.54) is 19.3 Å². The number of nitrogens with one attached hydrogen (secondary N) is 1. The molecule has 5 rings (SSSR count). The van der Waals surface area contributed by atoms with Crippen LogP contribution in [0.1, 0.15) is 59.3 Å². The molecule has 8 heteroatoms. The lowest BCUT2D eigenvalue weighted by Gasteiger charge is -2.62. The van der Waals surface area contributed by atoms with E-state index in [-0.39, 0.29) is 24.1 Å². The van der Waals surface area contributed by atoms with Crippen molar-refractivity contribution in [3.05, 3.63) is 0 Å². The highest BCUT2D eigenvalue weighted by Crippen LogP contribution is 2.62. The average molecular weight is 429 g/mol. The molecule has 0 radical (unpaired) electrons. The van der Waals surface area contributed by atoms with E-state index in [4.69, 9.17) is 24.5 Å². The highest BCUT2D eigenvalue weighted by molar-refractivity contribution is 5.33. The summed E-state index contributed by atoms with van der Waals surface area (Å²) in [5.74, 6) is 1.54. The maximum atomic E-state index is 11.0. The standard InChI is InChI=1S/C20H36N2O2.2CH2O2/c1-15(21-14-18(2,3)22-4-6-24-7-5-22)19-9-16-8-17(10-19)12-20(23,11-16)13-19;2*2-1-3/h15-17,21,23H,4-14H2,1-3H3;2*1H,(H,2,3). The Morgan fingerprint density at radius 2 is 1.60 bits per heavy atom. The van der Waals surface area contributed by atoms with Gasteiger partial charge in [-0.3, -0.25) is 14.5 Å². The van der Waals surface area contributed by atoms with Gasteiger partial charge in [-0.05, 0) is 76.5 Å². The first-order valence-corrected chi connectivity index (χ1v) is 11.1. The molecule has 3 atom stereocenters. The second-order valence-corrected chi connectivity index (χ2v) is 10.3. The minimum atomic E-state index is -0.347. The molecule has 1 heterocycles. The number of nitrogens with zero attached hydrogens (tertiary/aromatic N) is 1. The van der Waals surface area contributed by atoms with E-state index < -0.39 is 0 Å². The number of morpholine rings is 1. The zero-order valence-electron chi connectivity index (χ0n) is 18.7. The Morgan fingerprint density at radius 3 is 2.07 bits per heavy atom. The Labute approximate surface area is 180 Å². The Hall–Kier alpha value is -1.22. The molecule has 0 amide bonds. The summed E-state index contributed by atoms with van der Waals surface area (Å²) >= 11 is 0. The van der Waals surface area contributed by atoms with Gasteiger partial charge in [0, 0.05) is 31.2 Å². The van der Waals surface area contributed by atoms with E-state index in [9.17, 15) is 5.11 Å². The monoisotopic (exact) mass is 428 g/mol. The van der Waals surface area contributed by atoms with Crippen molar-refractivity contribution < 1.29 is 29.6 Å². The number of ether oxygens (including phenoxy) is 1. The van der Waals surface area contributed by atoms with E-state index >= 15 is 0 Å². The van der Waals surface area contributed by atoms with Crippen molar-refractivity contribution in [3.8, 4) is 0 Å². The van der Waals surface area contributed by atoms with Crippen molar-refractivity contribution in [2.45, 2.75) is 76.5 Å². The quantitative estimate of drug-likeness (QED) is 0.490. The van der Waals surface area contributed by atoms with Gasteiger partial charge < -0.3 is 25.4 Å². The Morgan fingerprint density at radius 1 is 1.10 bits per heavy atom. The van der Waals surface area contributed by atoms with Crippen LogP contribution in [0, 0.1) is 17.3 Å². The van der Waals surface area contributed by atoms with Gasteiger partial charge in [0.2, 0.25) is 0 Å². The van der Waals surface area contributed by atoms with Gasteiger partial charge in [0.1, 0.15) is 0 Å². The van der Waals surface area contributed by atoms with Crippen LogP contribution in [0.2, 0.25) is 0 Å². The molecule has 5 fully saturated rings. The van der Waals surface area contributed by atoms with Crippen LogP contribution in [0.15, 0.2) is 0 Å². The maximum absolute atomic E-state index is 11.0. The number of carboxylic acid groups (broad SMARTS) is 2. The van der Waals surface area contributed by atoms with Crippen LogP contribution in [0.4, 0.5) is 0 Å². The van der Waals surface area contributed by atoms with Crippen molar-refractivity contribution in [1.82, 2.24) is 10.2 Å². The van der Waals surface area contributed by atoms with E-state index in [1.54, 1.807) is 0 Å². The van der Waals surface area contributed by atoms with Crippen molar-refractivity contribution in [3.63, 3.8) is 0 Å². The van der Waals surface area contributed by atoms with Crippen LogP contribution in [-0.4, -0.2) is 83.2 Å². The second kappa shape index (κ2) is 10.4. The highest BCUT2D eigenvalue weighted by atomic mass is 16.5. The summed E-state index contributed by atoms with van der Waals surface area (Å²) in [6.45, 7) is 11.4. The van der Waals surface area contributed by atoms with Gasteiger partial charge in [-0.25, -0.2) is 0 Å². The van der Waals surface area contributed by atoms with Crippen LogP contribution in [0.3, 0.4) is 0 Å². The van der Waals surface area contributed by atoms with Gasteiger partial charge in [0.15, 0.2) is 0 Å². The summed E-state index contributed by atoms with van der Waals surface area (Å²) in [5, 5.41) is 28.7. The van der Waals surface area contributed by atoms with Gasteiger partial charge in [0.25, 0.3) is 12.9 Å². The van der Waals surface area contributed by atoms with Crippen molar-refractivity contribution in [1.29, 1.82) is 0 Å². The third kappa shape index (κ3) is 5.93. The Bertz CT molecular complexity index is 544. The van der Waals surface area contributed by atoms with Gasteiger partial charge in [-0.2, -0.15) is 0 Å². The summed E-state index contributed by atoms with van der Waals surface area (Å²) < 4.78 is 5.51. The molecule has 4 bridgehead atoms. The van der Waals surface area contributed by atoms with Crippen LogP contribution in [-0.2, 0) is 14.3 Å². The van der Waals surface area contributed by atoms with Crippen LogP contribution in [0.25, 0.3) is 0 Å². The lowest BCUT2D eigenvalue weighted by Crippen LogP contribution is -2.63. The summed E-state index contributed by atoms with van der Waals surface area (Å²) in [5.41, 5.74) is 0.150. The molecule has 1 aliphatic heterocycles. The van der Waals surface area contributed by atoms with Crippen LogP contribution in [0.5, 0.6) is 0 Å². The molecule has 3 unspecified atom stereocenters. The van der Waals surface area contributed by atoms with E-state index in [2.05, 4.69) is 31.0 Å². The fourth-order valence-corrected chi connectivity index (χ4v) is 6.69. The number of carbonyl (C=O) groups is 2. The molecule has 174 valence electrons. The largest absolute Gasteiger partial charge is 0.483 e. The summed E-state index contributed by atoms with van der Waals surface area (Å²) in [6, 6.07) is 0.496. The number of rotatable bonds is 5. The first-order chi connectivity index (χ1) is 14.1. The van der Waals surface area contributed by atoms with Gasteiger partial charge >= 0.3 is 0 Å². The summed E-state index contributed by atoms with van der Waals surface area (Å²) in [4.78, 5) is 19.3. The van der Waals surface area contributed by atoms with Crippen molar-refractivity contribution >= 4 is 12.9 Å². The molecule has 0 aromatic carbocycles. The fourth-order valence-electron chi connectivity index (χ4n) is 6.69. The summed E-state index contributed by atoms with van der Waals surface area (Å²) in [7, 11) is 0. The third-order valence-electron chi connectivity index (χ3n) is 7.70. The van der Waals surface area contributed by atoms with E-state index in [0.717, 1.165) is 63.9 Å². The normalized spacial score (nSPS) is 36.0. The topological polar surface area (TPSA) is 119 Å².